The highest BCUT2D eigenvalue weighted by molar-refractivity contribution is 9.10. The van der Waals surface area contributed by atoms with Gasteiger partial charge < -0.3 is 10.1 Å². The molecule has 0 saturated heterocycles. The molecule has 0 spiro atoms. The molecule has 1 unspecified atom stereocenters. The van der Waals surface area contributed by atoms with E-state index in [0.29, 0.717) is 0 Å². The molecule has 0 rings (SSSR count). The quantitative estimate of drug-likeness (QED) is 0.341. The SMILES string of the molecule is CNC(=O)OCC(C)(Br)[N+](=O)[O-]. The molecule has 0 aliphatic heterocycles. The molecule has 1 atom stereocenters. The van der Waals surface area contributed by atoms with E-state index < -0.39 is 15.5 Å². The predicted molar refractivity (Wildman–Crippen MR) is 44.7 cm³/mol. The maximum atomic E-state index is 10.5. The van der Waals surface area contributed by atoms with Gasteiger partial charge >= 0.3 is 10.5 Å². The van der Waals surface area contributed by atoms with Crippen molar-refractivity contribution in [2.24, 2.45) is 0 Å². The molecule has 12 heavy (non-hydrogen) atoms. The van der Waals surface area contributed by atoms with E-state index in [1.165, 1.54) is 14.0 Å². The molecular weight excluding hydrogens is 232 g/mol. The number of nitro groups is 1. The molecule has 6 nitrogen and oxygen atoms in total. The Labute approximate surface area is 77.5 Å². The lowest BCUT2D eigenvalue weighted by Gasteiger charge is -2.12. The van der Waals surface area contributed by atoms with E-state index in [1.807, 2.05) is 0 Å². The average Bonchev–Trinajstić information content (AvgIpc) is 2.00. The highest BCUT2D eigenvalue weighted by Crippen LogP contribution is 2.17. The molecule has 0 heterocycles. The number of hydrogen-bond acceptors (Lipinski definition) is 4. The first-order valence-corrected chi connectivity index (χ1v) is 3.87. The summed E-state index contributed by atoms with van der Waals surface area (Å²) in [5, 5.41) is 12.4. The monoisotopic (exact) mass is 240 g/mol. The van der Waals surface area contributed by atoms with Gasteiger partial charge in [0.15, 0.2) is 6.61 Å². The highest BCUT2D eigenvalue weighted by atomic mass is 79.9. The zero-order valence-corrected chi connectivity index (χ0v) is 8.25. The van der Waals surface area contributed by atoms with Crippen LogP contribution in [-0.2, 0) is 4.74 Å². The molecule has 0 bridgehead atoms. The summed E-state index contributed by atoms with van der Waals surface area (Å²) in [4.78, 5) is 20.2. The molecule has 0 aliphatic carbocycles. The summed E-state index contributed by atoms with van der Waals surface area (Å²) >= 11 is 2.80. The van der Waals surface area contributed by atoms with Gasteiger partial charge in [-0.15, -0.1) is 0 Å². The molecule has 1 N–H and O–H groups in total. The van der Waals surface area contributed by atoms with Crippen molar-refractivity contribution in [2.75, 3.05) is 13.7 Å². The second kappa shape index (κ2) is 4.24. The van der Waals surface area contributed by atoms with Crippen molar-refractivity contribution in [2.45, 2.75) is 11.4 Å². The number of amides is 1. The number of ether oxygens (including phenoxy) is 1. The second-order valence-electron chi connectivity index (χ2n) is 2.23. The number of carbonyl (C=O) groups excluding carboxylic acids is 1. The van der Waals surface area contributed by atoms with Crippen LogP contribution in [0, 0.1) is 10.1 Å². The Bertz CT molecular complexity index is 194. The van der Waals surface area contributed by atoms with Gasteiger partial charge in [0.25, 0.3) is 0 Å². The first-order valence-electron chi connectivity index (χ1n) is 3.08. The van der Waals surface area contributed by atoms with E-state index in [9.17, 15) is 14.9 Å². The van der Waals surface area contributed by atoms with E-state index in [2.05, 4.69) is 26.0 Å². The van der Waals surface area contributed by atoms with Crippen LogP contribution in [0.3, 0.4) is 0 Å². The van der Waals surface area contributed by atoms with Crippen LogP contribution in [0.1, 0.15) is 6.92 Å². The number of alkyl carbamates (subject to hydrolysis) is 1. The van der Waals surface area contributed by atoms with Gasteiger partial charge in [-0.1, -0.05) is 0 Å². The van der Waals surface area contributed by atoms with E-state index >= 15 is 0 Å². The number of alkyl halides is 1. The minimum atomic E-state index is -1.42. The third kappa shape index (κ3) is 3.51. The second-order valence-corrected chi connectivity index (χ2v) is 3.93. The maximum absolute atomic E-state index is 10.5. The van der Waals surface area contributed by atoms with Crippen molar-refractivity contribution >= 4 is 22.0 Å². The summed E-state index contributed by atoms with van der Waals surface area (Å²) in [5.41, 5.74) is 0. The molecule has 1 amide bonds. The van der Waals surface area contributed by atoms with Gasteiger partial charge in [0.1, 0.15) is 0 Å². The molecule has 70 valence electrons. The van der Waals surface area contributed by atoms with Crippen LogP contribution in [0.25, 0.3) is 0 Å². The van der Waals surface area contributed by atoms with Crippen LogP contribution >= 0.6 is 15.9 Å². The normalized spacial score (nSPS) is 14.6. The third-order valence-corrected chi connectivity index (χ3v) is 1.57. The van der Waals surface area contributed by atoms with Crippen LogP contribution in [-0.4, -0.2) is 29.1 Å². The largest absolute Gasteiger partial charge is 0.441 e. The zero-order chi connectivity index (χ0) is 9.78. The standard InChI is InChI=1S/C5H9BrN2O4/c1-5(6,8(10)11)3-12-4(9)7-2/h3H2,1-2H3,(H,7,9). The van der Waals surface area contributed by atoms with Gasteiger partial charge in [0.05, 0.1) is 0 Å². The molecule has 0 radical (unpaired) electrons. The fourth-order valence-corrected chi connectivity index (χ4v) is 0.437. The van der Waals surface area contributed by atoms with E-state index in [0.717, 1.165) is 0 Å². The Hall–Kier alpha value is -0.850. The molecule has 0 aromatic heterocycles. The lowest BCUT2D eigenvalue weighted by atomic mass is 10.4. The van der Waals surface area contributed by atoms with E-state index in [-0.39, 0.29) is 6.61 Å². The molecule has 0 aromatic carbocycles. The minimum Gasteiger partial charge on any atom is -0.441 e. The third-order valence-electron chi connectivity index (χ3n) is 1.05. The fraction of sp³-hybridized carbons (Fsp3) is 0.800. The van der Waals surface area contributed by atoms with Crippen LogP contribution in [0.4, 0.5) is 4.79 Å². The van der Waals surface area contributed by atoms with Gasteiger partial charge in [0.2, 0.25) is 0 Å². The van der Waals surface area contributed by atoms with Gasteiger partial charge in [-0.25, -0.2) is 4.79 Å². The van der Waals surface area contributed by atoms with Gasteiger partial charge in [-0.2, -0.15) is 0 Å². The van der Waals surface area contributed by atoms with Crippen molar-refractivity contribution in [3.8, 4) is 0 Å². The fourth-order valence-electron chi connectivity index (χ4n) is 0.322. The Morgan fingerprint density at radius 2 is 2.33 bits per heavy atom. The van der Waals surface area contributed by atoms with Crippen molar-refractivity contribution in [1.82, 2.24) is 5.32 Å². The number of hydrogen-bond donors (Lipinski definition) is 1. The van der Waals surface area contributed by atoms with E-state index in [1.54, 1.807) is 0 Å². The predicted octanol–water partition coefficient (Wildman–Crippen LogP) is 0.730. The summed E-state index contributed by atoms with van der Waals surface area (Å²) < 4.78 is 3.06. The van der Waals surface area contributed by atoms with Gasteiger partial charge in [-0.3, -0.25) is 10.1 Å². The van der Waals surface area contributed by atoms with Crippen molar-refractivity contribution < 1.29 is 14.5 Å². The molecule has 0 aromatic rings. The molecule has 0 saturated carbocycles. The van der Waals surface area contributed by atoms with Crippen molar-refractivity contribution in [3.63, 3.8) is 0 Å². The molecule has 0 aliphatic rings. The van der Waals surface area contributed by atoms with Crippen LogP contribution in [0.2, 0.25) is 0 Å². The number of nitrogens with zero attached hydrogens (tertiary/aromatic N) is 1. The van der Waals surface area contributed by atoms with E-state index in [4.69, 9.17) is 0 Å². The van der Waals surface area contributed by atoms with Crippen molar-refractivity contribution in [1.29, 1.82) is 0 Å². The number of carbonyl (C=O) groups is 1. The Morgan fingerprint density at radius 3 is 2.67 bits per heavy atom. The summed E-state index contributed by atoms with van der Waals surface area (Å²) in [7, 11) is 1.38. The smallest absolute Gasteiger partial charge is 0.407 e. The first kappa shape index (κ1) is 11.2. The summed E-state index contributed by atoms with van der Waals surface area (Å²) in [6.07, 6.45) is -0.692. The zero-order valence-electron chi connectivity index (χ0n) is 6.67. The van der Waals surface area contributed by atoms with Gasteiger partial charge in [-0.05, 0) is 0 Å². The Balaban J connectivity index is 3.92. The van der Waals surface area contributed by atoms with Crippen LogP contribution in [0.5, 0.6) is 0 Å². The Kier molecular flexibility index (Phi) is 3.94. The number of rotatable bonds is 3. The lowest BCUT2D eigenvalue weighted by molar-refractivity contribution is -0.533. The van der Waals surface area contributed by atoms with Crippen LogP contribution in [0.15, 0.2) is 0 Å². The molecule has 7 heteroatoms. The molecular formula is C5H9BrN2O4. The Morgan fingerprint density at radius 1 is 1.83 bits per heavy atom. The lowest BCUT2D eigenvalue weighted by Crippen LogP contribution is -2.35. The summed E-state index contributed by atoms with van der Waals surface area (Å²) in [5.74, 6) is 0. The highest BCUT2D eigenvalue weighted by Gasteiger charge is 2.35. The maximum Gasteiger partial charge on any atom is 0.407 e. The summed E-state index contributed by atoms with van der Waals surface area (Å²) in [6, 6.07) is 0. The topological polar surface area (TPSA) is 81.5 Å². The summed E-state index contributed by atoms with van der Waals surface area (Å²) in [6.45, 7) is 0.982. The molecule has 0 fully saturated rings. The average molecular weight is 241 g/mol. The van der Waals surface area contributed by atoms with Crippen molar-refractivity contribution in [3.05, 3.63) is 10.1 Å². The number of nitrogens with one attached hydrogen (secondary N) is 1. The van der Waals surface area contributed by atoms with Gasteiger partial charge in [0, 0.05) is 34.8 Å². The first-order chi connectivity index (χ1) is 5.40. The van der Waals surface area contributed by atoms with Crippen LogP contribution < -0.4 is 5.32 Å². The number of halogens is 1. The minimum absolute atomic E-state index is 0.320.